The molecule has 0 unspecified atom stereocenters. The van der Waals surface area contributed by atoms with Crippen LogP contribution in [0.5, 0.6) is 0 Å². The van der Waals surface area contributed by atoms with E-state index in [0.29, 0.717) is 16.6 Å². The van der Waals surface area contributed by atoms with Gasteiger partial charge < -0.3 is 5.32 Å². The van der Waals surface area contributed by atoms with E-state index in [0.717, 1.165) is 11.3 Å². The first-order valence-electron chi connectivity index (χ1n) is 5.95. The van der Waals surface area contributed by atoms with Gasteiger partial charge in [-0.15, -0.1) is 0 Å². The summed E-state index contributed by atoms with van der Waals surface area (Å²) >= 11 is 11.8. The average molecular weight is 307 g/mol. The van der Waals surface area contributed by atoms with Crippen molar-refractivity contribution in [3.8, 4) is 0 Å². The molecule has 2 rings (SSSR count). The van der Waals surface area contributed by atoms with Gasteiger partial charge in [0, 0.05) is 22.3 Å². The molecule has 0 aliphatic heterocycles. The number of aromatic nitrogens is 1. The summed E-state index contributed by atoms with van der Waals surface area (Å²) in [5, 5.41) is 3.81. The number of benzene rings is 1. The molecule has 0 bridgehead atoms. The summed E-state index contributed by atoms with van der Waals surface area (Å²) < 4.78 is 0. The Morgan fingerprint density at radius 3 is 2.60 bits per heavy atom. The number of pyridine rings is 1. The van der Waals surface area contributed by atoms with Gasteiger partial charge >= 0.3 is 0 Å². The zero-order chi connectivity index (χ0) is 14.4. The first-order valence-corrected chi connectivity index (χ1v) is 6.71. The summed E-state index contributed by atoms with van der Waals surface area (Å²) in [6.45, 7) is 0.389. The van der Waals surface area contributed by atoms with Crippen LogP contribution < -0.4 is 5.32 Å². The Balaban J connectivity index is 1.92. The number of hydrogen-bond acceptors (Lipinski definition) is 2. The second-order valence-electron chi connectivity index (χ2n) is 4.07. The van der Waals surface area contributed by atoms with Crippen molar-refractivity contribution in [1.82, 2.24) is 10.3 Å². The van der Waals surface area contributed by atoms with E-state index in [4.69, 9.17) is 23.2 Å². The molecule has 1 N–H and O–H groups in total. The van der Waals surface area contributed by atoms with Crippen molar-refractivity contribution in [2.45, 2.75) is 6.54 Å². The molecule has 0 spiro atoms. The molecule has 0 fully saturated rings. The molecule has 1 aromatic heterocycles. The SMILES string of the molecule is O=C(C=Cc1cc(Cl)cc(Cl)c1)NCc1ccccn1. The summed E-state index contributed by atoms with van der Waals surface area (Å²) in [5.74, 6) is -0.202. The van der Waals surface area contributed by atoms with Crippen LogP contribution in [-0.2, 0) is 11.3 Å². The van der Waals surface area contributed by atoms with E-state index >= 15 is 0 Å². The highest BCUT2D eigenvalue weighted by atomic mass is 35.5. The molecule has 1 amide bonds. The number of amides is 1. The lowest BCUT2D eigenvalue weighted by molar-refractivity contribution is -0.116. The van der Waals surface area contributed by atoms with Gasteiger partial charge in [-0.05, 0) is 42.0 Å². The molecule has 3 nitrogen and oxygen atoms in total. The summed E-state index contributed by atoms with van der Waals surface area (Å²) in [4.78, 5) is 15.8. The third-order valence-electron chi connectivity index (χ3n) is 2.48. The van der Waals surface area contributed by atoms with Crippen LogP contribution >= 0.6 is 23.2 Å². The normalized spacial score (nSPS) is 10.7. The quantitative estimate of drug-likeness (QED) is 0.875. The van der Waals surface area contributed by atoms with Crippen LogP contribution in [0, 0.1) is 0 Å². The first-order chi connectivity index (χ1) is 9.63. The highest BCUT2D eigenvalue weighted by molar-refractivity contribution is 6.34. The fraction of sp³-hybridized carbons (Fsp3) is 0.0667. The van der Waals surface area contributed by atoms with Gasteiger partial charge in [-0.25, -0.2) is 0 Å². The molecular weight excluding hydrogens is 295 g/mol. The van der Waals surface area contributed by atoms with E-state index in [1.54, 1.807) is 30.5 Å². The summed E-state index contributed by atoms with van der Waals surface area (Å²) in [7, 11) is 0. The van der Waals surface area contributed by atoms with E-state index < -0.39 is 0 Å². The maximum absolute atomic E-state index is 11.7. The minimum Gasteiger partial charge on any atom is -0.347 e. The Kier molecular flexibility index (Phi) is 5.16. The molecule has 0 saturated heterocycles. The Morgan fingerprint density at radius 1 is 1.20 bits per heavy atom. The van der Waals surface area contributed by atoms with Crippen LogP contribution in [0.4, 0.5) is 0 Å². The third kappa shape index (κ3) is 4.68. The molecule has 102 valence electrons. The molecule has 0 saturated carbocycles. The Morgan fingerprint density at radius 2 is 1.95 bits per heavy atom. The van der Waals surface area contributed by atoms with Crippen LogP contribution in [0.15, 0.2) is 48.7 Å². The zero-order valence-electron chi connectivity index (χ0n) is 10.5. The van der Waals surface area contributed by atoms with Crippen LogP contribution in [0.25, 0.3) is 6.08 Å². The molecular formula is C15H12Cl2N2O. The number of nitrogens with one attached hydrogen (secondary N) is 1. The lowest BCUT2D eigenvalue weighted by Crippen LogP contribution is -2.20. The number of carbonyl (C=O) groups is 1. The van der Waals surface area contributed by atoms with Crippen molar-refractivity contribution >= 4 is 35.2 Å². The van der Waals surface area contributed by atoms with Crippen molar-refractivity contribution in [3.63, 3.8) is 0 Å². The van der Waals surface area contributed by atoms with Gasteiger partial charge in [0.1, 0.15) is 0 Å². The largest absolute Gasteiger partial charge is 0.347 e. The highest BCUT2D eigenvalue weighted by Crippen LogP contribution is 2.19. The highest BCUT2D eigenvalue weighted by Gasteiger charge is 1.98. The summed E-state index contributed by atoms with van der Waals surface area (Å²) in [5.41, 5.74) is 1.58. The minimum absolute atomic E-state index is 0.202. The molecule has 0 radical (unpaired) electrons. The molecule has 1 heterocycles. The van der Waals surface area contributed by atoms with Crippen LogP contribution in [-0.4, -0.2) is 10.9 Å². The molecule has 5 heteroatoms. The Hall–Kier alpha value is -1.84. The molecule has 0 aliphatic carbocycles. The van der Waals surface area contributed by atoms with Crippen LogP contribution in [0.3, 0.4) is 0 Å². The topological polar surface area (TPSA) is 42.0 Å². The number of nitrogens with zero attached hydrogens (tertiary/aromatic N) is 1. The maximum atomic E-state index is 11.7. The van der Waals surface area contributed by atoms with Crippen molar-refractivity contribution in [2.75, 3.05) is 0 Å². The van der Waals surface area contributed by atoms with E-state index in [9.17, 15) is 4.79 Å². The van der Waals surface area contributed by atoms with Gasteiger partial charge in [0.15, 0.2) is 0 Å². The Bertz CT molecular complexity index is 607. The van der Waals surface area contributed by atoms with Gasteiger partial charge in [-0.1, -0.05) is 29.3 Å². The number of halogens is 2. The number of carbonyl (C=O) groups excluding carboxylic acids is 1. The lowest BCUT2D eigenvalue weighted by Gasteiger charge is -2.01. The van der Waals surface area contributed by atoms with Crippen molar-refractivity contribution in [3.05, 3.63) is 70.0 Å². The smallest absolute Gasteiger partial charge is 0.244 e. The van der Waals surface area contributed by atoms with E-state index in [-0.39, 0.29) is 5.91 Å². The second kappa shape index (κ2) is 7.08. The second-order valence-corrected chi connectivity index (χ2v) is 4.95. The maximum Gasteiger partial charge on any atom is 0.244 e. The van der Waals surface area contributed by atoms with Crippen molar-refractivity contribution in [1.29, 1.82) is 0 Å². The standard InChI is InChI=1S/C15H12Cl2N2O/c16-12-7-11(8-13(17)9-12)4-5-15(20)19-10-14-3-1-2-6-18-14/h1-9H,10H2,(H,19,20). The fourth-order valence-corrected chi connectivity index (χ4v) is 2.13. The molecule has 2 aromatic rings. The van der Waals surface area contributed by atoms with Crippen LogP contribution in [0.2, 0.25) is 10.0 Å². The molecule has 1 aromatic carbocycles. The van der Waals surface area contributed by atoms with Crippen LogP contribution in [0.1, 0.15) is 11.3 Å². The lowest BCUT2D eigenvalue weighted by atomic mass is 10.2. The molecule has 20 heavy (non-hydrogen) atoms. The zero-order valence-corrected chi connectivity index (χ0v) is 12.0. The summed E-state index contributed by atoms with van der Waals surface area (Å²) in [6, 6.07) is 10.7. The first kappa shape index (κ1) is 14.6. The molecule has 0 aliphatic rings. The Labute approximate surface area is 127 Å². The van der Waals surface area contributed by atoms with E-state index in [2.05, 4.69) is 10.3 Å². The van der Waals surface area contributed by atoms with Gasteiger partial charge in [-0.3, -0.25) is 9.78 Å². The average Bonchev–Trinajstić information content (AvgIpc) is 2.43. The van der Waals surface area contributed by atoms with Gasteiger partial charge in [-0.2, -0.15) is 0 Å². The van der Waals surface area contributed by atoms with Gasteiger partial charge in [0.2, 0.25) is 5.91 Å². The third-order valence-corrected chi connectivity index (χ3v) is 2.92. The summed E-state index contributed by atoms with van der Waals surface area (Å²) in [6.07, 6.45) is 4.78. The monoisotopic (exact) mass is 306 g/mol. The molecule has 0 atom stereocenters. The van der Waals surface area contributed by atoms with Crippen molar-refractivity contribution < 1.29 is 4.79 Å². The number of rotatable bonds is 4. The number of hydrogen-bond donors (Lipinski definition) is 1. The van der Waals surface area contributed by atoms with Gasteiger partial charge in [0.25, 0.3) is 0 Å². The van der Waals surface area contributed by atoms with E-state index in [1.807, 2.05) is 18.2 Å². The fourth-order valence-electron chi connectivity index (χ4n) is 1.58. The van der Waals surface area contributed by atoms with E-state index in [1.165, 1.54) is 6.08 Å². The predicted molar refractivity (Wildman–Crippen MR) is 81.6 cm³/mol. The van der Waals surface area contributed by atoms with Crippen molar-refractivity contribution in [2.24, 2.45) is 0 Å². The predicted octanol–water partition coefficient (Wildman–Crippen LogP) is 3.72. The minimum atomic E-state index is -0.202. The van der Waals surface area contributed by atoms with Gasteiger partial charge in [0.05, 0.1) is 12.2 Å².